The zero-order chi connectivity index (χ0) is 20.0. The Labute approximate surface area is 175 Å². The van der Waals surface area contributed by atoms with Crippen LogP contribution in [0.4, 0.5) is 5.82 Å². The second-order valence-electron chi connectivity index (χ2n) is 7.98. The summed E-state index contributed by atoms with van der Waals surface area (Å²) in [5.74, 6) is 2.22. The van der Waals surface area contributed by atoms with Crippen LogP contribution in [0, 0.1) is 12.8 Å². The third kappa shape index (κ3) is 3.67. The second kappa shape index (κ2) is 7.30. The number of carbonyl (C=O) groups is 1. The Hall–Kier alpha value is -2.66. The van der Waals surface area contributed by atoms with Crippen LogP contribution in [0.3, 0.4) is 0 Å². The van der Waals surface area contributed by atoms with Crippen LogP contribution in [0.5, 0.6) is 0 Å². The fourth-order valence-corrected chi connectivity index (χ4v) is 4.05. The van der Waals surface area contributed by atoms with E-state index in [0.717, 1.165) is 61.3 Å². The lowest BCUT2D eigenvalue weighted by atomic mass is 10.1. The zero-order valence-corrected chi connectivity index (χ0v) is 17.2. The minimum Gasteiger partial charge on any atom is -0.352 e. The molecule has 0 unspecified atom stereocenters. The van der Waals surface area contributed by atoms with Gasteiger partial charge in [-0.1, -0.05) is 41.4 Å². The van der Waals surface area contributed by atoms with E-state index in [1.54, 1.807) is 0 Å². The van der Waals surface area contributed by atoms with Crippen molar-refractivity contribution in [2.45, 2.75) is 19.8 Å². The summed E-state index contributed by atoms with van der Waals surface area (Å²) in [5.41, 5.74) is 3.03. The molecule has 5 nitrogen and oxygen atoms in total. The lowest BCUT2D eigenvalue weighted by Gasteiger charge is -2.36. The van der Waals surface area contributed by atoms with Crippen molar-refractivity contribution >= 4 is 34.2 Å². The van der Waals surface area contributed by atoms with E-state index in [9.17, 15) is 4.79 Å². The van der Waals surface area contributed by atoms with Gasteiger partial charge in [-0.05, 0) is 38.0 Å². The first-order chi connectivity index (χ1) is 14.1. The molecule has 1 aliphatic carbocycles. The number of anilines is 1. The van der Waals surface area contributed by atoms with Crippen LogP contribution in [0.25, 0.3) is 22.3 Å². The molecule has 0 N–H and O–H groups in total. The summed E-state index contributed by atoms with van der Waals surface area (Å²) in [6.07, 6.45) is 2.10. The lowest BCUT2D eigenvalue weighted by molar-refractivity contribution is -0.132. The molecule has 0 bridgehead atoms. The SMILES string of the molecule is Cc1ccc(-c2nc(N3CCN(C(=O)C4CC4)CC3)c3ccc(Cl)cc3n2)cc1. The molecule has 2 heterocycles. The smallest absolute Gasteiger partial charge is 0.225 e. The average molecular weight is 407 g/mol. The summed E-state index contributed by atoms with van der Waals surface area (Å²) in [6.45, 7) is 5.11. The number of hydrogen-bond donors (Lipinski definition) is 0. The molecule has 5 rings (SSSR count). The van der Waals surface area contributed by atoms with Gasteiger partial charge in [0.15, 0.2) is 5.82 Å². The number of hydrogen-bond acceptors (Lipinski definition) is 4. The Balaban J connectivity index is 1.50. The Morgan fingerprint density at radius 1 is 1.00 bits per heavy atom. The van der Waals surface area contributed by atoms with Crippen LogP contribution in [-0.2, 0) is 4.79 Å². The normalized spacial score (nSPS) is 17.0. The van der Waals surface area contributed by atoms with Crippen LogP contribution in [0.1, 0.15) is 18.4 Å². The highest BCUT2D eigenvalue weighted by Gasteiger charge is 2.35. The summed E-state index contributed by atoms with van der Waals surface area (Å²) in [5, 5.41) is 1.66. The molecule has 0 spiro atoms. The molecule has 2 aromatic carbocycles. The van der Waals surface area contributed by atoms with E-state index in [-0.39, 0.29) is 5.92 Å². The molecule has 1 saturated carbocycles. The molecule has 1 aliphatic heterocycles. The van der Waals surface area contributed by atoms with Gasteiger partial charge in [-0.15, -0.1) is 0 Å². The van der Waals surface area contributed by atoms with Crippen molar-refractivity contribution in [3.63, 3.8) is 0 Å². The Bertz CT molecular complexity index is 1070. The highest BCUT2D eigenvalue weighted by atomic mass is 35.5. The fraction of sp³-hybridized carbons (Fsp3) is 0.348. The standard InChI is InChI=1S/C23H23ClN4O/c1-15-2-4-16(5-3-15)21-25-20-14-18(24)8-9-19(20)22(26-21)27-10-12-28(13-11-27)23(29)17-6-7-17/h2-5,8-9,14,17H,6-7,10-13H2,1H3. The summed E-state index contributed by atoms with van der Waals surface area (Å²) in [6, 6.07) is 14.0. The van der Waals surface area contributed by atoms with Crippen molar-refractivity contribution in [3.05, 3.63) is 53.1 Å². The zero-order valence-electron chi connectivity index (χ0n) is 16.4. The number of nitrogens with zero attached hydrogens (tertiary/aromatic N) is 4. The monoisotopic (exact) mass is 406 g/mol. The molecule has 2 fully saturated rings. The number of amides is 1. The molecule has 3 aromatic rings. The minimum atomic E-state index is 0.275. The predicted molar refractivity (Wildman–Crippen MR) is 116 cm³/mol. The molecular formula is C23H23ClN4O. The van der Waals surface area contributed by atoms with Crippen molar-refractivity contribution in [1.29, 1.82) is 0 Å². The molecule has 148 valence electrons. The van der Waals surface area contributed by atoms with E-state index in [1.165, 1.54) is 5.56 Å². The highest BCUT2D eigenvalue weighted by Crippen LogP contribution is 2.33. The van der Waals surface area contributed by atoms with Crippen LogP contribution in [-0.4, -0.2) is 47.0 Å². The van der Waals surface area contributed by atoms with Crippen LogP contribution in [0.15, 0.2) is 42.5 Å². The summed E-state index contributed by atoms with van der Waals surface area (Å²) in [4.78, 5) is 26.4. The third-order valence-corrected chi connectivity index (χ3v) is 6.00. The van der Waals surface area contributed by atoms with Gasteiger partial charge in [0.2, 0.25) is 5.91 Å². The first-order valence-electron chi connectivity index (χ1n) is 10.2. The molecule has 1 saturated heterocycles. The van der Waals surface area contributed by atoms with E-state index in [1.807, 2.05) is 23.1 Å². The number of benzene rings is 2. The Morgan fingerprint density at radius 2 is 1.72 bits per heavy atom. The molecule has 6 heteroatoms. The Morgan fingerprint density at radius 3 is 2.41 bits per heavy atom. The summed E-state index contributed by atoms with van der Waals surface area (Å²) >= 11 is 6.25. The van der Waals surface area contributed by atoms with Gasteiger partial charge in [-0.25, -0.2) is 9.97 Å². The Kier molecular flexibility index (Phi) is 4.63. The van der Waals surface area contributed by atoms with Crippen molar-refractivity contribution in [2.75, 3.05) is 31.1 Å². The maximum atomic E-state index is 12.4. The second-order valence-corrected chi connectivity index (χ2v) is 8.42. The van der Waals surface area contributed by atoms with Gasteiger partial charge in [0.1, 0.15) is 5.82 Å². The van der Waals surface area contributed by atoms with Gasteiger partial charge in [0.05, 0.1) is 5.52 Å². The largest absolute Gasteiger partial charge is 0.352 e. The van der Waals surface area contributed by atoms with Crippen molar-refractivity contribution < 1.29 is 4.79 Å². The molecule has 1 amide bonds. The number of carbonyl (C=O) groups excluding carboxylic acids is 1. The lowest BCUT2D eigenvalue weighted by Crippen LogP contribution is -2.49. The fourth-order valence-electron chi connectivity index (χ4n) is 3.89. The van der Waals surface area contributed by atoms with E-state index >= 15 is 0 Å². The molecular weight excluding hydrogens is 384 g/mol. The maximum Gasteiger partial charge on any atom is 0.225 e. The summed E-state index contributed by atoms with van der Waals surface area (Å²) in [7, 11) is 0. The highest BCUT2D eigenvalue weighted by molar-refractivity contribution is 6.31. The van der Waals surface area contributed by atoms with Crippen LogP contribution < -0.4 is 4.90 Å². The van der Waals surface area contributed by atoms with E-state index in [4.69, 9.17) is 21.6 Å². The predicted octanol–water partition coefficient (Wildman–Crippen LogP) is 4.32. The van der Waals surface area contributed by atoms with Crippen LogP contribution in [0.2, 0.25) is 5.02 Å². The average Bonchev–Trinajstić information content (AvgIpc) is 3.58. The van der Waals surface area contributed by atoms with Crippen molar-refractivity contribution in [2.24, 2.45) is 5.92 Å². The number of halogens is 1. The quantitative estimate of drug-likeness (QED) is 0.650. The number of aryl methyl sites for hydroxylation is 1. The van der Waals surface area contributed by atoms with Crippen molar-refractivity contribution in [1.82, 2.24) is 14.9 Å². The molecule has 2 aliphatic rings. The molecule has 0 radical (unpaired) electrons. The van der Waals surface area contributed by atoms with E-state index in [2.05, 4.69) is 36.1 Å². The van der Waals surface area contributed by atoms with Gasteiger partial charge in [0.25, 0.3) is 0 Å². The van der Waals surface area contributed by atoms with Gasteiger partial charge in [0, 0.05) is 48.1 Å². The topological polar surface area (TPSA) is 49.3 Å². The molecule has 29 heavy (non-hydrogen) atoms. The van der Waals surface area contributed by atoms with E-state index in [0.29, 0.717) is 16.8 Å². The van der Waals surface area contributed by atoms with E-state index < -0.39 is 0 Å². The van der Waals surface area contributed by atoms with Gasteiger partial charge in [-0.2, -0.15) is 0 Å². The van der Waals surface area contributed by atoms with Gasteiger partial charge in [-0.3, -0.25) is 4.79 Å². The third-order valence-electron chi connectivity index (χ3n) is 5.77. The maximum absolute atomic E-state index is 12.4. The number of fused-ring (bicyclic) bond motifs is 1. The van der Waals surface area contributed by atoms with Crippen molar-refractivity contribution in [3.8, 4) is 11.4 Å². The molecule has 0 atom stereocenters. The first kappa shape index (κ1) is 18.4. The number of rotatable bonds is 3. The molecule has 1 aromatic heterocycles. The van der Waals surface area contributed by atoms with Crippen LogP contribution >= 0.6 is 11.6 Å². The number of piperazine rings is 1. The summed E-state index contributed by atoms with van der Waals surface area (Å²) < 4.78 is 0. The van der Waals surface area contributed by atoms with Gasteiger partial charge >= 0.3 is 0 Å². The first-order valence-corrected chi connectivity index (χ1v) is 10.5. The number of aromatic nitrogens is 2. The minimum absolute atomic E-state index is 0.275. The van der Waals surface area contributed by atoms with Gasteiger partial charge < -0.3 is 9.80 Å².